The van der Waals surface area contributed by atoms with Crippen molar-refractivity contribution in [1.29, 1.82) is 0 Å². The number of amides is 2. The zero-order chi connectivity index (χ0) is 28.9. The molecular weight excluding hydrogens is 569 g/mol. The molecule has 2 saturated heterocycles. The largest absolute Gasteiger partial charge is 0.343 e. The van der Waals surface area contributed by atoms with Crippen LogP contribution in [0.3, 0.4) is 0 Å². The molecule has 2 heterocycles. The van der Waals surface area contributed by atoms with Gasteiger partial charge in [0.25, 0.3) is 0 Å². The van der Waals surface area contributed by atoms with Crippen molar-refractivity contribution in [3.8, 4) is 0 Å². The Balaban J connectivity index is 1.29. The summed E-state index contributed by atoms with van der Waals surface area (Å²) in [5.74, 6) is 0.603. The first-order chi connectivity index (χ1) is 19.0. The molecule has 0 unspecified atom stereocenters. The van der Waals surface area contributed by atoms with Crippen molar-refractivity contribution >= 4 is 50.5 Å². The maximum absolute atomic E-state index is 13.6. The molecule has 2 aliphatic heterocycles. The third kappa shape index (κ3) is 8.21. The molecule has 218 valence electrons. The molecule has 2 amide bonds. The fourth-order valence-electron chi connectivity index (χ4n) is 5.75. The number of anilines is 1. The fraction of sp³-hybridized carbons (Fsp3) is 0.533. The summed E-state index contributed by atoms with van der Waals surface area (Å²) in [6.07, 6.45) is 6.56. The SMILES string of the molecule is CC(=O)N1CCC(C(=O)N(CCCN2CCC(Cc3ccc(S(C)(=O)=O)cc3)CC2)c2ccc(Cl)c(Cl)c2)CC1. The van der Waals surface area contributed by atoms with Gasteiger partial charge in [-0.3, -0.25) is 9.59 Å². The Morgan fingerprint density at radius 2 is 1.57 bits per heavy atom. The topological polar surface area (TPSA) is 78.0 Å². The minimum absolute atomic E-state index is 0.0564. The lowest BCUT2D eigenvalue weighted by Crippen LogP contribution is -2.45. The zero-order valence-corrected chi connectivity index (χ0v) is 25.6. The van der Waals surface area contributed by atoms with Gasteiger partial charge in [0.05, 0.1) is 14.9 Å². The molecular formula is C30H39Cl2N3O4S. The Hall–Kier alpha value is -2.13. The van der Waals surface area contributed by atoms with Crippen molar-refractivity contribution in [2.45, 2.75) is 50.3 Å². The zero-order valence-electron chi connectivity index (χ0n) is 23.3. The average Bonchev–Trinajstić information content (AvgIpc) is 2.93. The summed E-state index contributed by atoms with van der Waals surface area (Å²) in [6, 6.07) is 12.6. The van der Waals surface area contributed by atoms with Crippen LogP contribution in [0.1, 0.15) is 44.6 Å². The molecule has 0 aromatic heterocycles. The van der Waals surface area contributed by atoms with Crippen molar-refractivity contribution in [2.75, 3.05) is 50.4 Å². The fourth-order valence-corrected chi connectivity index (χ4v) is 6.68. The molecule has 0 bridgehead atoms. The van der Waals surface area contributed by atoms with Crippen molar-refractivity contribution < 1.29 is 18.0 Å². The van der Waals surface area contributed by atoms with E-state index in [0.717, 1.165) is 51.0 Å². The van der Waals surface area contributed by atoms with Crippen LogP contribution in [0.4, 0.5) is 5.69 Å². The molecule has 0 saturated carbocycles. The van der Waals surface area contributed by atoms with Crippen LogP contribution < -0.4 is 4.90 Å². The van der Waals surface area contributed by atoms with Gasteiger partial charge in [0.2, 0.25) is 11.8 Å². The van der Waals surface area contributed by atoms with E-state index in [1.807, 2.05) is 28.0 Å². The number of carbonyl (C=O) groups excluding carboxylic acids is 2. The summed E-state index contributed by atoms with van der Waals surface area (Å²) in [5.41, 5.74) is 1.93. The van der Waals surface area contributed by atoms with Crippen LogP contribution in [-0.4, -0.2) is 75.6 Å². The second kappa shape index (κ2) is 13.7. The van der Waals surface area contributed by atoms with E-state index in [1.165, 1.54) is 11.8 Å². The van der Waals surface area contributed by atoms with E-state index >= 15 is 0 Å². The van der Waals surface area contributed by atoms with Crippen molar-refractivity contribution in [3.05, 3.63) is 58.1 Å². The highest BCUT2D eigenvalue weighted by Crippen LogP contribution is 2.30. The number of benzene rings is 2. The average molecular weight is 609 g/mol. The minimum atomic E-state index is -3.17. The summed E-state index contributed by atoms with van der Waals surface area (Å²) in [5, 5.41) is 0.887. The molecule has 2 aliphatic rings. The van der Waals surface area contributed by atoms with Gasteiger partial charge in [-0.1, -0.05) is 35.3 Å². The van der Waals surface area contributed by atoms with Crippen molar-refractivity contribution in [1.82, 2.24) is 9.80 Å². The molecule has 0 spiro atoms. The van der Waals surface area contributed by atoms with E-state index in [-0.39, 0.29) is 17.7 Å². The van der Waals surface area contributed by atoms with Gasteiger partial charge in [-0.25, -0.2) is 8.42 Å². The van der Waals surface area contributed by atoms with Crippen LogP contribution in [0.2, 0.25) is 10.0 Å². The number of sulfone groups is 1. The highest BCUT2D eigenvalue weighted by molar-refractivity contribution is 7.90. The molecule has 2 aromatic carbocycles. The number of likely N-dealkylation sites (tertiary alicyclic amines) is 2. The second-order valence-electron chi connectivity index (χ2n) is 11.1. The highest BCUT2D eigenvalue weighted by atomic mass is 35.5. The first-order valence-corrected chi connectivity index (χ1v) is 16.7. The van der Waals surface area contributed by atoms with E-state index in [0.29, 0.717) is 53.3 Å². The Morgan fingerprint density at radius 3 is 2.15 bits per heavy atom. The summed E-state index contributed by atoms with van der Waals surface area (Å²) in [4.78, 5) is 31.9. The van der Waals surface area contributed by atoms with Crippen LogP contribution in [0.25, 0.3) is 0 Å². The molecule has 4 rings (SSSR count). The van der Waals surface area contributed by atoms with E-state index in [2.05, 4.69) is 4.90 Å². The van der Waals surface area contributed by atoms with Crippen LogP contribution in [-0.2, 0) is 25.8 Å². The quantitative estimate of drug-likeness (QED) is 0.385. The Labute approximate surface area is 248 Å². The molecule has 0 N–H and O–H groups in total. The van der Waals surface area contributed by atoms with E-state index in [9.17, 15) is 18.0 Å². The van der Waals surface area contributed by atoms with E-state index in [1.54, 1.807) is 31.2 Å². The number of hydrogen-bond donors (Lipinski definition) is 0. The molecule has 7 nitrogen and oxygen atoms in total. The Morgan fingerprint density at radius 1 is 0.925 bits per heavy atom. The number of nitrogens with zero attached hydrogens (tertiary/aromatic N) is 3. The third-order valence-corrected chi connectivity index (χ3v) is 10.1. The van der Waals surface area contributed by atoms with Crippen LogP contribution in [0, 0.1) is 11.8 Å². The maximum Gasteiger partial charge on any atom is 0.230 e. The van der Waals surface area contributed by atoms with Crippen LogP contribution in [0.15, 0.2) is 47.4 Å². The van der Waals surface area contributed by atoms with Gasteiger partial charge in [-0.05, 0) is 100.0 Å². The predicted molar refractivity (Wildman–Crippen MR) is 161 cm³/mol. The van der Waals surface area contributed by atoms with Gasteiger partial charge >= 0.3 is 0 Å². The van der Waals surface area contributed by atoms with Gasteiger partial charge in [-0.2, -0.15) is 0 Å². The molecule has 0 aliphatic carbocycles. The molecule has 40 heavy (non-hydrogen) atoms. The smallest absolute Gasteiger partial charge is 0.230 e. The Kier molecular flexibility index (Phi) is 10.5. The first kappa shape index (κ1) is 30.8. The van der Waals surface area contributed by atoms with Crippen LogP contribution >= 0.6 is 23.2 Å². The predicted octanol–water partition coefficient (Wildman–Crippen LogP) is 5.33. The number of piperidine rings is 2. The minimum Gasteiger partial charge on any atom is -0.343 e. The number of hydrogen-bond acceptors (Lipinski definition) is 5. The normalized spacial score (nSPS) is 17.6. The van der Waals surface area contributed by atoms with E-state index in [4.69, 9.17) is 23.2 Å². The second-order valence-corrected chi connectivity index (χ2v) is 14.0. The lowest BCUT2D eigenvalue weighted by molar-refractivity contribution is -0.133. The molecule has 2 aromatic rings. The number of carbonyl (C=O) groups is 2. The number of halogens is 2. The standard InChI is InChI=1S/C30H39Cl2N3O4S/c1-22(36)34-18-12-25(13-19-34)30(37)35(26-6-9-28(31)29(32)21-26)15-3-14-33-16-10-24(11-17-33)20-23-4-7-27(8-5-23)40(2,38)39/h4-9,21,24-25H,3,10-20H2,1-2H3. The van der Waals surface area contributed by atoms with Gasteiger partial charge in [-0.15, -0.1) is 0 Å². The lowest BCUT2D eigenvalue weighted by atomic mass is 9.90. The molecule has 0 atom stereocenters. The third-order valence-electron chi connectivity index (χ3n) is 8.21. The van der Waals surface area contributed by atoms with Crippen molar-refractivity contribution in [3.63, 3.8) is 0 Å². The summed E-state index contributed by atoms with van der Waals surface area (Å²) < 4.78 is 23.4. The first-order valence-electron chi connectivity index (χ1n) is 14.0. The molecule has 2 fully saturated rings. The number of rotatable bonds is 9. The van der Waals surface area contributed by atoms with E-state index < -0.39 is 9.84 Å². The molecule has 10 heteroatoms. The van der Waals surface area contributed by atoms with Gasteiger partial charge in [0.1, 0.15) is 0 Å². The summed E-state index contributed by atoms with van der Waals surface area (Å²) >= 11 is 12.5. The monoisotopic (exact) mass is 607 g/mol. The highest BCUT2D eigenvalue weighted by Gasteiger charge is 2.30. The summed E-state index contributed by atoms with van der Waals surface area (Å²) in [6.45, 7) is 6.31. The van der Waals surface area contributed by atoms with Gasteiger partial charge in [0.15, 0.2) is 9.84 Å². The lowest BCUT2D eigenvalue weighted by Gasteiger charge is -2.35. The van der Waals surface area contributed by atoms with Crippen molar-refractivity contribution in [2.24, 2.45) is 11.8 Å². The van der Waals surface area contributed by atoms with Crippen LogP contribution in [0.5, 0.6) is 0 Å². The molecule has 0 radical (unpaired) electrons. The summed E-state index contributed by atoms with van der Waals surface area (Å²) in [7, 11) is -3.17. The van der Waals surface area contributed by atoms with Gasteiger partial charge in [0, 0.05) is 44.4 Å². The Bertz CT molecular complexity index is 1290. The van der Waals surface area contributed by atoms with Gasteiger partial charge < -0.3 is 14.7 Å². The maximum atomic E-state index is 13.6.